The van der Waals surface area contributed by atoms with Crippen molar-refractivity contribution >= 4 is 11.6 Å². The number of aromatic nitrogens is 2. The van der Waals surface area contributed by atoms with Gasteiger partial charge in [0.05, 0.1) is 11.8 Å². The van der Waals surface area contributed by atoms with E-state index in [1.165, 1.54) is 16.8 Å². The van der Waals surface area contributed by atoms with E-state index in [9.17, 15) is 9.90 Å². The van der Waals surface area contributed by atoms with Crippen molar-refractivity contribution in [2.75, 3.05) is 44.2 Å². The molecule has 4 rings (SSSR count). The van der Waals surface area contributed by atoms with E-state index in [2.05, 4.69) is 63.6 Å². The van der Waals surface area contributed by atoms with Gasteiger partial charge in [0.25, 0.3) is 5.91 Å². The van der Waals surface area contributed by atoms with Crippen LogP contribution in [-0.4, -0.2) is 70.8 Å². The molecule has 0 spiro atoms. The number of aliphatic hydroxyl groups excluding tert-OH is 1. The number of aryl methyl sites for hydroxylation is 2. The first-order chi connectivity index (χ1) is 17.4. The predicted molar refractivity (Wildman–Crippen MR) is 145 cm³/mol. The fraction of sp³-hybridized carbons (Fsp3) is 0.448. The molecule has 7 heteroatoms. The van der Waals surface area contributed by atoms with Gasteiger partial charge in [0, 0.05) is 57.1 Å². The Morgan fingerprint density at radius 3 is 2.44 bits per heavy atom. The third-order valence-corrected chi connectivity index (χ3v) is 7.14. The van der Waals surface area contributed by atoms with Crippen molar-refractivity contribution in [3.63, 3.8) is 0 Å². The molecule has 1 fully saturated rings. The molecular formula is C29H39N5O2. The summed E-state index contributed by atoms with van der Waals surface area (Å²) in [6, 6.07) is 16.5. The molecule has 0 radical (unpaired) electrons. The number of hydrogen-bond acceptors (Lipinski definition) is 5. The Kier molecular flexibility index (Phi) is 8.44. The number of aliphatic hydroxyl groups is 1. The second-order valence-corrected chi connectivity index (χ2v) is 9.75. The minimum absolute atomic E-state index is 0.205. The van der Waals surface area contributed by atoms with Crippen molar-refractivity contribution < 1.29 is 9.90 Å². The summed E-state index contributed by atoms with van der Waals surface area (Å²) in [5.41, 5.74) is 6.20. The van der Waals surface area contributed by atoms with Crippen LogP contribution in [-0.2, 0) is 6.42 Å². The van der Waals surface area contributed by atoms with Gasteiger partial charge >= 0.3 is 0 Å². The highest BCUT2D eigenvalue weighted by atomic mass is 16.3. The number of amides is 1. The molecular weight excluding hydrogens is 450 g/mol. The summed E-state index contributed by atoms with van der Waals surface area (Å²) in [5.74, 6) is 0.645. The Morgan fingerprint density at radius 2 is 1.75 bits per heavy atom. The Balaban J connectivity index is 1.31. The molecule has 1 amide bonds. The van der Waals surface area contributed by atoms with Gasteiger partial charge < -0.3 is 19.9 Å². The summed E-state index contributed by atoms with van der Waals surface area (Å²) < 4.78 is 2.06. The van der Waals surface area contributed by atoms with Gasteiger partial charge in [0.15, 0.2) is 0 Å². The average molecular weight is 490 g/mol. The molecule has 2 aromatic carbocycles. The van der Waals surface area contributed by atoms with Crippen molar-refractivity contribution in [3.05, 3.63) is 76.9 Å². The summed E-state index contributed by atoms with van der Waals surface area (Å²) in [4.78, 5) is 22.4. The summed E-state index contributed by atoms with van der Waals surface area (Å²) >= 11 is 0. The van der Waals surface area contributed by atoms with Crippen LogP contribution in [0.15, 0.2) is 48.5 Å². The van der Waals surface area contributed by atoms with Gasteiger partial charge in [-0.3, -0.25) is 9.69 Å². The van der Waals surface area contributed by atoms with Crippen molar-refractivity contribution in [1.82, 2.24) is 19.8 Å². The number of hydrogen-bond donors (Lipinski definition) is 2. The number of carbonyl (C=O) groups excluding carboxylic acids is 1. The molecule has 1 atom stereocenters. The highest BCUT2D eigenvalue weighted by Crippen LogP contribution is 2.24. The molecule has 1 aliphatic rings. The van der Waals surface area contributed by atoms with Crippen LogP contribution in [0.25, 0.3) is 5.69 Å². The van der Waals surface area contributed by atoms with E-state index in [0.717, 1.165) is 56.2 Å². The Hall–Kier alpha value is -3.16. The second-order valence-electron chi connectivity index (χ2n) is 9.75. The van der Waals surface area contributed by atoms with Crippen LogP contribution in [0.3, 0.4) is 0 Å². The first-order valence-corrected chi connectivity index (χ1v) is 13.0. The molecule has 7 nitrogen and oxygen atoms in total. The summed E-state index contributed by atoms with van der Waals surface area (Å²) in [7, 11) is 0. The molecule has 1 aromatic heterocycles. The maximum atomic E-state index is 13.0. The number of imidazole rings is 1. The molecule has 1 unspecified atom stereocenters. The zero-order valence-electron chi connectivity index (χ0n) is 22.0. The molecule has 1 aliphatic heterocycles. The van der Waals surface area contributed by atoms with Crippen LogP contribution >= 0.6 is 0 Å². The van der Waals surface area contributed by atoms with E-state index in [4.69, 9.17) is 0 Å². The van der Waals surface area contributed by atoms with Crippen LogP contribution in [0.2, 0.25) is 0 Å². The van der Waals surface area contributed by atoms with Gasteiger partial charge in [0.2, 0.25) is 0 Å². The van der Waals surface area contributed by atoms with Crippen LogP contribution in [0.1, 0.15) is 46.5 Å². The normalized spacial score (nSPS) is 15.2. The highest BCUT2D eigenvalue weighted by Gasteiger charge is 2.23. The number of nitrogens with one attached hydrogen (secondary N) is 1. The van der Waals surface area contributed by atoms with Crippen molar-refractivity contribution in [2.45, 2.75) is 46.6 Å². The lowest BCUT2D eigenvalue weighted by Gasteiger charge is -2.37. The zero-order valence-corrected chi connectivity index (χ0v) is 22.0. The number of piperazine rings is 1. The number of benzene rings is 2. The zero-order chi connectivity index (χ0) is 25.7. The summed E-state index contributed by atoms with van der Waals surface area (Å²) in [5, 5.41) is 13.6. The molecule has 2 N–H and O–H groups in total. The van der Waals surface area contributed by atoms with Crippen LogP contribution in [0, 0.1) is 20.8 Å². The first kappa shape index (κ1) is 25.9. The number of β-amino-alcohol motifs (C(OH)–C–C–N with tert-alkyl or cyclic N) is 1. The molecule has 192 valence electrons. The van der Waals surface area contributed by atoms with E-state index in [1.54, 1.807) is 0 Å². The van der Waals surface area contributed by atoms with Gasteiger partial charge in [-0.15, -0.1) is 0 Å². The van der Waals surface area contributed by atoms with Crippen molar-refractivity contribution in [3.8, 4) is 5.69 Å². The topological polar surface area (TPSA) is 73.6 Å². The third kappa shape index (κ3) is 5.79. The third-order valence-electron chi connectivity index (χ3n) is 7.14. The van der Waals surface area contributed by atoms with E-state index < -0.39 is 6.10 Å². The molecule has 0 saturated carbocycles. The number of carbonyl (C=O) groups is 1. The minimum atomic E-state index is -0.632. The summed E-state index contributed by atoms with van der Waals surface area (Å²) in [6.07, 6.45) is 1.10. The van der Waals surface area contributed by atoms with Gasteiger partial charge in [-0.2, -0.15) is 0 Å². The largest absolute Gasteiger partial charge is 0.390 e. The molecule has 36 heavy (non-hydrogen) atoms. The lowest BCUT2D eigenvalue weighted by molar-refractivity contribution is 0.0847. The SMILES string of the molecule is CCCc1nc(C(=O)NCC(O)CN2CCN(c3cccc(C)c3C)CC2)c(C)n1-c1ccccc1. The lowest BCUT2D eigenvalue weighted by atomic mass is 10.1. The van der Waals surface area contributed by atoms with Crippen molar-refractivity contribution in [2.24, 2.45) is 0 Å². The molecule has 2 heterocycles. The Labute approximate surface area is 214 Å². The standard InChI is InChI=1S/C29H39N5O2/c1-5-10-27-31-28(23(4)34(27)24-12-7-6-8-13-24)29(36)30-19-25(35)20-32-15-17-33(18-16-32)26-14-9-11-21(2)22(26)3/h6-9,11-14,25,35H,5,10,15-20H2,1-4H3,(H,30,36). The number of rotatable bonds is 9. The Morgan fingerprint density at radius 1 is 1.03 bits per heavy atom. The fourth-order valence-electron chi connectivity index (χ4n) is 4.99. The second kappa shape index (κ2) is 11.7. The molecule has 1 saturated heterocycles. The lowest BCUT2D eigenvalue weighted by Crippen LogP contribution is -2.50. The molecule has 3 aromatic rings. The quantitative estimate of drug-likeness (QED) is 0.480. The minimum Gasteiger partial charge on any atom is -0.390 e. The predicted octanol–water partition coefficient (Wildman–Crippen LogP) is 3.66. The van der Waals surface area contributed by atoms with E-state index in [1.807, 2.05) is 37.3 Å². The first-order valence-electron chi connectivity index (χ1n) is 13.0. The monoisotopic (exact) mass is 489 g/mol. The fourth-order valence-corrected chi connectivity index (χ4v) is 4.99. The average Bonchev–Trinajstić information content (AvgIpc) is 3.21. The smallest absolute Gasteiger partial charge is 0.271 e. The maximum Gasteiger partial charge on any atom is 0.271 e. The summed E-state index contributed by atoms with van der Waals surface area (Å²) in [6.45, 7) is 12.8. The van der Waals surface area contributed by atoms with Crippen LogP contribution in [0.4, 0.5) is 5.69 Å². The maximum absolute atomic E-state index is 13.0. The van der Waals surface area contributed by atoms with E-state index >= 15 is 0 Å². The molecule has 0 bridgehead atoms. The van der Waals surface area contributed by atoms with E-state index in [-0.39, 0.29) is 12.5 Å². The van der Waals surface area contributed by atoms with Crippen LogP contribution in [0.5, 0.6) is 0 Å². The number of anilines is 1. The van der Waals surface area contributed by atoms with Gasteiger partial charge in [0.1, 0.15) is 11.5 Å². The highest BCUT2D eigenvalue weighted by molar-refractivity contribution is 5.93. The van der Waals surface area contributed by atoms with Gasteiger partial charge in [-0.1, -0.05) is 37.3 Å². The van der Waals surface area contributed by atoms with Crippen LogP contribution < -0.4 is 10.2 Å². The number of para-hydroxylation sites is 1. The number of nitrogens with zero attached hydrogens (tertiary/aromatic N) is 4. The molecule has 0 aliphatic carbocycles. The van der Waals surface area contributed by atoms with E-state index in [0.29, 0.717) is 12.2 Å². The van der Waals surface area contributed by atoms with Crippen molar-refractivity contribution in [1.29, 1.82) is 0 Å². The van der Waals surface area contributed by atoms with Gasteiger partial charge in [-0.05, 0) is 56.5 Å². The van der Waals surface area contributed by atoms with Gasteiger partial charge in [-0.25, -0.2) is 4.98 Å². The Bertz CT molecular complexity index is 1170.